The molecule has 94 valence electrons. The Hall–Kier alpha value is -1.65. The molecule has 0 saturated carbocycles. The fourth-order valence-corrected chi connectivity index (χ4v) is 1.78. The third kappa shape index (κ3) is 2.72. The molecule has 1 N–H and O–H groups in total. The monoisotopic (exact) mass is 244 g/mol. The number of ether oxygens (including phenoxy) is 1. The van der Waals surface area contributed by atoms with Crippen molar-refractivity contribution in [2.75, 3.05) is 7.11 Å². The Kier molecular flexibility index (Phi) is 3.70. The lowest BCUT2D eigenvalue weighted by molar-refractivity contribution is -0.138. The molecule has 0 amide bonds. The number of carbonyl (C=O) groups is 1. The highest BCUT2D eigenvalue weighted by Crippen LogP contribution is 2.35. The van der Waals surface area contributed by atoms with E-state index in [4.69, 9.17) is 9.84 Å². The van der Waals surface area contributed by atoms with Crippen LogP contribution in [0.5, 0.6) is 5.75 Å². The number of carboxylic acids is 1. The highest BCUT2D eigenvalue weighted by atomic mass is 19.1. The second-order valence-electron chi connectivity index (χ2n) is 4.39. The molecule has 0 fully saturated rings. The van der Waals surface area contributed by atoms with Crippen LogP contribution in [-0.4, -0.2) is 18.2 Å². The predicted octanol–water partition coefficient (Wildman–Crippen LogP) is 2.73. The van der Waals surface area contributed by atoms with Crippen molar-refractivity contribution < 1.29 is 23.4 Å². The molecule has 0 unspecified atom stereocenters. The van der Waals surface area contributed by atoms with Gasteiger partial charge in [-0.15, -0.1) is 0 Å². The lowest BCUT2D eigenvalue weighted by atomic mass is 9.81. The van der Waals surface area contributed by atoms with Gasteiger partial charge in [-0.05, 0) is 12.1 Å². The molecule has 0 atom stereocenters. The molecule has 0 bridgehead atoms. The van der Waals surface area contributed by atoms with Crippen molar-refractivity contribution in [1.29, 1.82) is 0 Å². The zero-order chi connectivity index (χ0) is 13.2. The Balaban J connectivity index is 3.33. The maximum atomic E-state index is 13.9. The number of hydrogen-bond acceptors (Lipinski definition) is 2. The van der Waals surface area contributed by atoms with Gasteiger partial charge in [-0.2, -0.15) is 0 Å². The average molecular weight is 244 g/mol. The van der Waals surface area contributed by atoms with E-state index >= 15 is 0 Å². The highest BCUT2D eigenvalue weighted by molar-refractivity contribution is 5.69. The average Bonchev–Trinajstić information content (AvgIpc) is 2.15. The molecule has 0 aliphatic heterocycles. The summed E-state index contributed by atoms with van der Waals surface area (Å²) in [7, 11) is 1.27. The zero-order valence-electron chi connectivity index (χ0n) is 9.88. The summed E-state index contributed by atoms with van der Waals surface area (Å²) in [6.07, 6.45) is -0.367. The zero-order valence-corrected chi connectivity index (χ0v) is 9.88. The molecule has 0 heterocycles. The van der Waals surface area contributed by atoms with Crippen molar-refractivity contribution in [1.82, 2.24) is 0 Å². The van der Waals surface area contributed by atoms with Crippen molar-refractivity contribution in [2.24, 2.45) is 0 Å². The van der Waals surface area contributed by atoms with Gasteiger partial charge < -0.3 is 9.84 Å². The SMILES string of the molecule is COc1ccc(F)c(C(C)(C)CC(=O)O)c1F. The minimum Gasteiger partial charge on any atom is -0.494 e. The summed E-state index contributed by atoms with van der Waals surface area (Å²) in [6, 6.07) is 2.24. The minimum atomic E-state index is -1.14. The molecule has 0 saturated heterocycles. The number of methoxy groups -OCH3 is 1. The summed E-state index contributed by atoms with van der Waals surface area (Å²) in [6.45, 7) is 2.95. The molecule has 0 aliphatic rings. The van der Waals surface area contributed by atoms with Gasteiger partial charge in [-0.25, -0.2) is 8.78 Å². The molecule has 0 aromatic heterocycles. The van der Waals surface area contributed by atoms with E-state index in [0.29, 0.717) is 0 Å². The molecule has 3 nitrogen and oxygen atoms in total. The van der Waals surface area contributed by atoms with Crippen LogP contribution in [0.25, 0.3) is 0 Å². The van der Waals surface area contributed by atoms with E-state index in [1.165, 1.54) is 27.0 Å². The van der Waals surface area contributed by atoms with Gasteiger partial charge >= 0.3 is 5.97 Å². The predicted molar refractivity (Wildman–Crippen MR) is 58.2 cm³/mol. The molecule has 1 aromatic carbocycles. The first kappa shape index (κ1) is 13.4. The van der Waals surface area contributed by atoms with Gasteiger partial charge in [0, 0.05) is 11.0 Å². The molecule has 0 aliphatic carbocycles. The Morgan fingerprint density at radius 1 is 1.41 bits per heavy atom. The first-order chi connectivity index (χ1) is 7.79. The van der Waals surface area contributed by atoms with E-state index in [1.54, 1.807) is 0 Å². The highest BCUT2D eigenvalue weighted by Gasteiger charge is 2.32. The Labute approximate surface area is 98.0 Å². The van der Waals surface area contributed by atoms with Crippen LogP contribution in [0, 0.1) is 11.6 Å². The van der Waals surface area contributed by atoms with E-state index in [2.05, 4.69) is 0 Å². The molecule has 17 heavy (non-hydrogen) atoms. The quantitative estimate of drug-likeness (QED) is 0.885. The Morgan fingerprint density at radius 3 is 2.47 bits per heavy atom. The number of hydrogen-bond donors (Lipinski definition) is 1. The van der Waals surface area contributed by atoms with Crippen LogP contribution in [0.15, 0.2) is 12.1 Å². The second-order valence-corrected chi connectivity index (χ2v) is 4.39. The maximum Gasteiger partial charge on any atom is 0.304 e. The van der Waals surface area contributed by atoms with Crippen molar-refractivity contribution >= 4 is 5.97 Å². The number of aliphatic carboxylic acids is 1. The van der Waals surface area contributed by atoms with Crippen LogP contribution in [0.4, 0.5) is 8.78 Å². The number of benzene rings is 1. The van der Waals surface area contributed by atoms with Crippen LogP contribution < -0.4 is 4.74 Å². The molecular formula is C12H14F2O3. The van der Waals surface area contributed by atoms with Crippen LogP contribution in [0.2, 0.25) is 0 Å². The lowest BCUT2D eigenvalue weighted by Gasteiger charge is -2.24. The van der Waals surface area contributed by atoms with Crippen LogP contribution >= 0.6 is 0 Å². The topological polar surface area (TPSA) is 46.5 Å². The van der Waals surface area contributed by atoms with E-state index in [0.717, 1.165) is 6.07 Å². The molecule has 1 aromatic rings. The number of rotatable bonds is 4. The largest absolute Gasteiger partial charge is 0.494 e. The summed E-state index contributed by atoms with van der Waals surface area (Å²) >= 11 is 0. The van der Waals surface area contributed by atoms with Crippen LogP contribution in [0.1, 0.15) is 25.8 Å². The van der Waals surface area contributed by atoms with Gasteiger partial charge in [0.25, 0.3) is 0 Å². The van der Waals surface area contributed by atoms with E-state index in [9.17, 15) is 13.6 Å². The van der Waals surface area contributed by atoms with E-state index < -0.39 is 23.0 Å². The third-order valence-electron chi connectivity index (χ3n) is 2.55. The first-order valence-corrected chi connectivity index (χ1v) is 5.04. The van der Waals surface area contributed by atoms with Crippen molar-refractivity contribution in [3.63, 3.8) is 0 Å². The summed E-state index contributed by atoms with van der Waals surface area (Å²) in [5.74, 6) is -2.83. The fourth-order valence-electron chi connectivity index (χ4n) is 1.78. The summed E-state index contributed by atoms with van der Waals surface area (Å²) in [4.78, 5) is 10.7. The van der Waals surface area contributed by atoms with Gasteiger partial charge in [-0.3, -0.25) is 4.79 Å². The summed E-state index contributed by atoms with van der Waals surface area (Å²) in [5.41, 5.74) is -1.41. The summed E-state index contributed by atoms with van der Waals surface area (Å²) in [5, 5.41) is 8.74. The molecular weight excluding hydrogens is 230 g/mol. The smallest absolute Gasteiger partial charge is 0.304 e. The Morgan fingerprint density at radius 2 is 2.00 bits per heavy atom. The minimum absolute atomic E-state index is 0.0973. The molecule has 0 radical (unpaired) electrons. The Bertz CT molecular complexity index is 442. The van der Waals surface area contributed by atoms with Crippen LogP contribution in [-0.2, 0) is 10.2 Å². The van der Waals surface area contributed by atoms with Gasteiger partial charge in [0.05, 0.1) is 13.5 Å². The normalized spacial score (nSPS) is 11.4. The van der Waals surface area contributed by atoms with E-state index in [1.807, 2.05) is 0 Å². The van der Waals surface area contributed by atoms with Crippen LogP contribution in [0.3, 0.4) is 0 Å². The van der Waals surface area contributed by atoms with Crippen molar-refractivity contribution in [3.05, 3.63) is 29.3 Å². The van der Waals surface area contributed by atoms with E-state index in [-0.39, 0.29) is 17.7 Å². The molecule has 1 rings (SSSR count). The number of carboxylic acid groups (broad SMARTS) is 1. The van der Waals surface area contributed by atoms with Crippen molar-refractivity contribution in [2.45, 2.75) is 25.7 Å². The van der Waals surface area contributed by atoms with Gasteiger partial charge in [0.15, 0.2) is 11.6 Å². The van der Waals surface area contributed by atoms with Gasteiger partial charge in [-0.1, -0.05) is 13.8 Å². The van der Waals surface area contributed by atoms with Gasteiger partial charge in [0.2, 0.25) is 0 Å². The lowest BCUT2D eigenvalue weighted by Crippen LogP contribution is -2.25. The molecule has 0 spiro atoms. The van der Waals surface area contributed by atoms with Gasteiger partial charge in [0.1, 0.15) is 5.82 Å². The standard InChI is InChI=1S/C12H14F2O3/c1-12(2,6-9(15)16)10-7(13)4-5-8(17-3)11(10)14/h4-5H,6H2,1-3H3,(H,15,16). The second kappa shape index (κ2) is 4.69. The first-order valence-electron chi connectivity index (χ1n) is 5.04. The maximum absolute atomic E-state index is 13.9. The fraction of sp³-hybridized carbons (Fsp3) is 0.417. The third-order valence-corrected chi connectivity index (χ3v) is 2.55. The summed E-state index contributed by atoms with van der Waals surface area (Å²) < 4.78 is 32.3. The van der Waals surface area contributed by atoms with Crippen molar-refractivity contribution in [3.8, 4) is 5.75 Å². The molecule has 5 heteroatoms. The number of halogens is 2.